The summed E-state index contributed by atoms with van der Waals surface area (Å²) in [7, 11) is 0. The predicted octanol–water partition coefficient (Wildman–Crippen LogP) is 1.63. The lowest BCUT2D eigenvalue weighted by molar-refractivity contribution is -0.147. The molecule has 0 saturated carbocycles. The Balaban J connectivity index is 2.07. The maximum absolute atomic E-state index is 12.5. The van der Waals surface area contributed by atoms with Crippen molar-refractivity contribution in [2.24, 2.45) is 0 Å². The molecule has 1 N–H and O–H groups in total. The van der Waals surface area contributed by atoms with E-state index in [0.717, 1.165) is 11.1 Å². The monoisotopic (exact) mass is 291 g/mol. The highest BCUT2D eigenvalue weighted by molar-refractivity contribution is 5.83. The normalized spacial score (nSPS) is 15.7. The van der Waals surface area contributed by atoms with E-state index in [-0.39, 0.29) is 24.9 Å². The van der Waals surface area contributed by atoms with Crippen molar-refractivity contribution in [1.29, 1.82) is 0 Å². The number of hydrogen-bond acceptors (Lipinski definition) is 3. The molecule has 1 aliphatic heterocycles. The van der Waals surface area contributed by atoms with E-state index < -0.39 is 5.97 Å². The first-order valence-corrected chi connectivity index (χ1v) is 7.21. The number of nitrogens with zero attached hydrogens (tertiary/aromatic N) is 1. The van der Waals surface area contributed by atoms with E-state index in [2.05, 4.69) is 0 Å². The second-order valence-electron chi connectivity index (χ2n) is 5.42. The Labute approximate surface area is 124 Å². The number of carbonyl (C=O) groups excluding carboxylic acids is 1. The van der Waals surface area contributed by atoms with Crippen molar-refractivity contribution in [1.82, 2.24) is 4.90 Å². The summed E-state index contributed by atoms with van der Waals surface area (Å²) in [5.41, 5.74) is 2.01. The van der Waals surface area contributed by atoms with E-state index >= 15 is 0 Å². The molecule has 0 aliphatic carbocycles. The lowest BCUT2D eigenvalue weighted by Gasteiger charge is -2.33. The first-order chi connectivity index (χ1) is 10.1. The Kier molecular flexibility index (Phi) is 5.33. The zero-order chi connectivity index (χ0) is 15.2. The number of carboxylic acids is 1. The average molecular weight is 291 g/mol. The highest BCUT2D eigenvalue weighted by Crippen LogP contribution is 2.16. The van der Waals surface area contributed by atoms with Crippen LogP contribution in [0.3, 0.4) is 0 Å². The number of ether oxygens (including phenoxy) is 1. The fourth-order valence-corrected chi connectivity index (χ4v) is 2.66. The van der Waals surface area contributed by atoms with Gasteiger partial charge in [0.2, 0.25) is 5.91 Å². The van der Waals surface area contributed by atoms with Crippen LogP contribution in [-0.2, 0) is 20.7 Å². The van der Waals surface area contributed by atoms with Crippen molar-refractivity contribution < 1.29 is 19.4 Å². The van der Waals surface area contributed by atoms with Gasteiger partial charge in [-0.3, -0.25) is 9.59 Å². The average Bonchev–Trinajstić information content (AvgIpc) is 2.45. The number of carboxylic acid groups (broad SMARTS) is 1. The zero-order valence-electron chi connectivity index (χ0n) is 12.2. The molecule has 0 atom stereocenters. The first kappa shape index (κ1) is 15.5. The standard InChI is InChI=1S/C16H21NO4/c1-12-3-2-4-13(9-12)10-15(18)17(11-16(19)20)14-5-7-21-8-6-14/h2-4,9,14H,5-8,10-11H2,1H3,(H,19,20). The SMILES string of the molecule is Cc1cccc(CC(=O)N(CC(=O)O)C2CCOCC2)c1. The van der Waals surface area contributed by atoms with Crippen LogP contribution in [0.5, 0.6) is 0 Å². The van der Waals surface area contributed by atoms with Crippen LogP contribution >= 0.6 is 0 Å². The van der Waals surface area contributed by atoms with Crippen LogP contribution in [0.4, 0.5) is 0 Å². The summed E-state index contributed by atoms with van der Waals surface area (Å²) >= 11 is 0. The Morgan fingerprint density at radius 1 is 1.33 bits per heavy atom. The molecule has 5 nitrogen and oxygen atoms in total. The predicted molar refractivity (Wildman–Crippen MR) is 78.1 cm³/mol. The molecular formula is C16H21NO4. The molecule has 1 saturated heterocycles. The van der Waals surface area contributed by atoms with Gasteiger partial charge in [0.25, 0.3) is 0 Å². The van der Waals surface area contributed by atoms with Crippen molar-refractivity contribution in [3.8, 4) is 0 Å². The molecule has 0 radical (unpaired) electrons. The fraction of sp³-hybridized carbons (Fsp3) is 0.500. The molecule has 1 aliphatic rings. The van der Waals surface area contributed by atoms with E-state index in [4.69, 9.17) is 9.84 Å². The first-order valence-electron chi connectivity index (χ1n) is 7.21. The van der Waals surface area contributed by atoms with Gasteiger partial charge in [-0.05, 0) is 25.3 Å². The van der Waals surface area contributed by atoms with Crippen LogP contribution in [0.2, 0.25) is 0 Å². The van der Waals surface area contributed by atoms with Crippen LogP contribution < -0.4 is 0 Å². The Hall–Kier alpha value is -1.88. The second-order valence-corrected chi connectivity index (χ2v) is 5.42. The van der Waals surface area contributed by atoms with E-state index in [0.29, 0.717) is 26.1 Å². The van der Waals surface area contributed by atoms with Crippen LogP contribution in [0.25, 0.3) is 0 Å². The van der Waals surface area contributed by atoms with Gasteiger partial charge in [0, 0.05) is 19.3 Å². The van der Waals surface area contributed by atoms with Gasteiger partial charge in [-0.15, -0.1) is 0 Å². The van der Waals surface area contributed by atoms with Gasteiger partial charge < -0.3 is 14.7 Å². The van der Waals surface area contributed by atoms with Crippen LogP contribution in [0.1, 0.15) is 24.0 Å². The molecule has 0 bridgehead atoms. The maximum atomic E-state index is 12.5. The van der Waals surface area contributed by atoms with Crippen molar-refractivity contribution >= 4 is 11.9 Å². The molecule has 0 aromatic heterocycles. The van der Waals surface area contributed by atoms with E-state index in [1.807, 2.05) is 31.2 Å². The van der Waals surface area contributed by atoms with E-state index in [1.165, 1.54) is 4.90 Å². The molecule has 2 rings (SSSR count). The van der Waals surface area contributed by atoms with Crippen LogP contribution in [-0.4, -0.2) is 47.7 Å². The molecule has 114 valence electrons. The Morgan fingerprint density at radius 2 is 2.05 bits per heavy atom. The minimum atomic E-state index is -0.973. The summed E-state index contributed by atoms with van der Waals surface area (Å²) in [6.45, 7) is 2.90. The van der Waals surface area contributed by atoms with E-state index in [1.54, 1.807) is 0 Å². The summed E-state index contributed by atoms with van der Waals surface area (Å²) in [5.74, 6) is -1.10. The van der Waals surface area contributed by atoms with Gasteiger partial charge in [-0.1, -0.05) is 29.8 Å². The fourth-order valence-electron chi connectivity index (χ4n) is 2.66. The maximum Gasteiger partial charge on any atom is 0.323 e. The lowest BCUT2D eigenvalue weighted by Crippen LogP contribution is -2.46. The molecule has 0 spiro atoms. The van der Waals surface area contributed by atoms with E-state index in [9.17, 15) is 9.59 Å². The summed E-state index contributed by atoms with van der Waals surface area (Å²) in [4.78, 5) is 25.0. The number of amides is 1. The van der Waals surface area contributed by atoms with Gasteiger partial charge in [-0.25, -0.2) is 0 Å². The molecule has 5 heteroatoms. The van der Waals surface area contributed by atoms with Crippen molar-refractivity contribution in [2.45, 2.75) is 32.2 Å². The van der Waals surface area contributed by atoms with Gasteiger partial charge in [-0.2, -0.15) is 0 Å². The van der Waals surface area contributed by atoms with Gasteiger partial charge >= 0.3 is 5.97 Å². The molecular weight excluding hydrogens is 270 g/mol. The minimum Gasteiger partial charge on any atom is -0.480 e. The molecule has 21 heavy (non-hydrogen) atoms. The quantitative estimate of drug-likeness (QED) is 0.895. The molecule has 1 aromatic carbocycles. The number of benzene rings is 1. The highest BCUT2D eigenvalue weighted by atomic mass is 16.5. The summed E-state index contributed by atoms with van der Waals surface area (Å²) in [6, 6.07) is 7.71. The zero-order valence-corrected chi connectivity index (χ0v) is 12.2. The Morgan fingerprint density at radius 3 is 2.67 bits per heavy atom. The third-order valence-corrected chi connectivity index (χ3v) is 3.70. The summed E-state index contributed by atoms with van der Waals surface area (Å²) in [6.07, 6.45) is 1.64. The summed E-state index contributed by atoms with van der Waals surface area (Å²) < 4.78 is 5.28. The van der Waals surface area contributed by atoms with Gasteiger partial charge in [0.05, 0.1) is 6.42 Å². The number of hydrogen-bond donors (Lipinski definition) is 1. The molecule has 1 amide bonds. The number of aliphatic carboxylic acids is 1. The molecule has 1 aromatic rings. The number of carbonyl (C=O) groups is 2. The lowest BCUT2D eigenvalue weighted by atomic mass is 10.0. The number of rotatable bonds is 5. The third-order valence-electron chi connectivity index (χ3n) is 3.70. The second kappa shape index (κ2) is 7.22. The van der Waals surface area contributed by atoms with Gasteiger partial charge in [0.1, 0.15) is 6.54 Å². The minimum absolute atomic E-state index is 0.0350. The van der Waals surface area contributed by atoms with Crippen molar-refractivity contribution in [3.05, 3.63) is 35.4 Å². The smallest absolute Gasteiger partial charge is 0.323 e. The topological polar surface area (TPSA) is 66.8 Å². The van der Waals surface area contributed by atoms with Crippen LogP contribution in [0.15, 0.2) is 24.3 Å². The highest BCUT2D eigenvalue weighted by Gasteiger charge is 2.27. The van der Waals surface area contributed by atoms with Crippen LogP contribution in [0, 0.1) is 6.92 Å². The summed E-state index contributed by atoms with van der Waals surface area (Å²) in [5, 5.41) is 9.05. The number of aryl methyl sites for hydroxylation is 1. The largest absolute Gasteiger partial charge is 0.480 e. The molecule has 1 heterocycles. The Bertz CT molecular complexity index is 509. The van der Waals surface area contributed by atoms with Crippen molar-refractivity contribution in [3.63, 3.8) is 0 Å². The van der Waals surface area contributed by atoms with Crippen molar-refractivity contribution in [2.75, 3.05) is 19.8 Å². The van der Waals surface area contributed by atoms with Gasteiger partial charge in [0.15, 0.2) is 0 Å². The molecule has 0 unspecified atom stereocenters. The third kappa shape index (κ3) is 4.56. The molecule has 1 fully saturated rings.